The lowest BCUT2D eigenvalue weighted by atomic mass is 10.0. The van der Waals surface area contributed by atoms with E-state index < -0.39 is 0 Å². The molecule has 2 rings (SSSR count). The SMILES string of the molecule is CC(C)(C)C.CC(C)c1ccccc1.CCC.CCCC.COC.CSC.Cc1ccc(C)cc1. The zero-order valence-electron chi connectivity index (χ0n) is 26.7. The largest absolute Gasteiger partial charge is 0.388 e. The number of benzene rings is 2. The molecule has 0 heterocycles. The van der Waals surface area contributed by atoms with Crippen LogP contribution in [-0.4, -0.2) is 26.7 Å². The lowest BCUT2D eigenvalue weighted by Crippen LogP contribution is -1.93. The molecule has 0 aromatic heterocycles. The number of hydrogen-bond donors (Lipinski definition) is 0. The fourth-order valence-electron chi connectivity index (χ4n) is 1.47. The van der Waals surface area contributed by atoms with Gasteiger partial charge in [0.2, 0.25) is 0 Å². The average Bonchev–Trinajstić information content (AvgIpc) is 2.77. The zero-order valence-corrected chi connectivity index (χ0v) is 27.5. The van der Waals surface area contributed by atoms with Gasteiger partial charge in [0.05, 0.1) is 0 Å². The first-order chi connectivity index (χ1) is 16.2. The molecular weight excluding hydrogens is 444 g/mol. The van der Waals surface area contributed by atoms with Gasteiger partial charge in [-0.25, -0.2) is 0 Å². The molecule has 0 unspecified atom stereocenters. The number of rotatable bonds is 2. The maximum absolute atomic E-state index is 4.25. The number of hydrogen-bond acceptors (Lipinski definition) is 2. The van der Waals surface area contributed by atoms with E-state index in [1.807, 2.05) is 18.6 Å². The van der Waals surface area contributed by atoms with Crippen LogP contribution in [0.15, 0.2) is 54.6 Å². The number of ether oxygens (including phenoxy) is 1. The Bertz CT molecular complexity index is 535. The average molecular weight is 509 g/mol. The molecule has 2 aromatic rings. The summed E-state index contributed by atoms with van der Waals surface area (Å²) in [7, 11) is 3.25. The topological polar surface area (TPSA) is 9.23 Å². The number of thioether (sulfide) groups is 1. The van der Waals surface area contributed by atoms with Crippen molar-refractivity contribution in [3.63, 3.8) is 0 Å². The summed E-state index contributed by atoms with van der Waals surface area (Å²) in [6.45, 7) is 26.0. The fourth-order valence-corrected chi connectivity index (χ4v) is 1.47. The Hall–Kier alpha value is -1.25. The van der Waals surface area contributed by atoms with Crippen LogP contribution in [0, 0.1) is 19.3 Å². The summed E-state index contributed by atoms with van der Waals surface area (Å²) < 4.78 is 4.25. The van der Waals surface area contributed by atoms with E-state index in [-0.39, 0.29) is 0 Å². The van der Waals surface area contributed by atoms with Crippen molar-refractivity contribution in [1.82, 2.24) is 0 Å². The normalized spacial score (nSPS) is 8.83. The van der Waals surface area contributed by atoms with E-state index >= 15 is 0 Å². The summed E-state index contributed by atoms with van der Waals surface area (Å²) in [4.78, 5) is 0. The second-order valence-corrected chi connectivity index (χ2v) is 11.1. The summed E-state index contributed by atoms with van der Waals surface area (Å²) in [6.07, 6.45) is 7.97. The summed E-state index contributed by atoms with van der Waals surface area (Å²) in [5.74, 6) is 0.659. The third kappa shape index (κ3) is 65.5. The van der Waals surface area contributed by atoms with Crippen molar-refractivity contribution < 1.29 is 4.74 Å². The highest BCUT2D eigenvalue weighted by Gasteiger charge is 1.95. The van der Waals surface area contributed by atoms with Crippen LogP contribution in [-0.2, 0) is 4.74 Å². The standard InChI is InChI=1S/C9H12.C8H10.C5H12.C4H10.C3H8.C2H6O.C2H6S/c1-8(2)9-6-4-3-5-7-9;1-7-3-5-8(2)6-4-7;1-5(2,3)4;1-3-4-2;3*1-3-2/h3-8H,1-2H3;3-6H,1-2H3;1-4H3;3-4H2,1-2H3;3H2,1-2H3;2*1-2H3. The highest BCUT2D eigenvalue weighted by Crippen LogP contribution is 2.11. The van der Waals surface area contributed by atoms with Gasteiger partial charge in [-0.2, -0.15) is 11.8 Å². The Morgan fingerprint density at radius 3 is 1.06 bits per heavy atom. The van der Waals surface area contributed by atoms with Crippen molar-refractivity contribution in [1.29, 1.82) is 0 Å². The van der Waals surface area contributed by atoms with Crippen molar-refractivity contribution >= 4 is 11.8 Å². The third-order valence-electron chi connectivity index (χ3n) is 3.18. The minimum absolute atomic E-state index is 0.500. The van der Waals surface area contributed by atoms with E-state index in [9.17, 15) is 0 Å². The van der Waals surface area contributed by atoms with Gasteiger partial charge >= 0.3 is 0 Å². The molecule has 208 valence electrons. The number of methoxy groups -OCH3 is 1. The Balaban J connectivity index is -0.000000106. The number of aryl methyl sites for hydroxylation is 2. The molecule has 2 heteroatoms. The zero-order chi connectivity index (χ0) is 28.7. The fraction of sp³-hybridized carbons (Fsp3) is 0.636. The molecule has 0 amide bonds. The van der Waals surface area contributed by atoms with E-state index in [2.05, 4.69) is 136 Å². The molecule has 0 saturated carbocycles. The molecule has 0 atom stereocenters. The highest BCUT2D eigenvalue weighted by atomic mass is 32.2. The van der Waals surface area contributed by atoms with Crippen LogP contribution in [0.3, 0.4) is 0 Å². The van der Waals surface area contributed by atoms with Crippen LogP contribution in [0.25, 0.3) is 0 Å². The predicted molar refractivity (Wildman–Crippen MR) is 170 cm³/mol. The van der Waals surface area contributed by atoms with Crippen molar-refractivity contribution in [2.75, 3.05) is 26.7 Å². The van der Waals surface area contributed by atoms with Crippen molar-refractivity contribution in [2.24, 2.45) is 5.41 Å². The van der Waals surface area contributed by atoms with Gasteiger partial charge in [-0.05, 0) is 43.3 Å². The van der Waals surface area contributed by atoms with E-state index in [0.717, 1.165) is 0 Å². The molecule has 0 aliphatic carbocycles. The second kappa shape index (κ2) is 34.9. The monoisotopic (exact) mass is 508 g/mol. The molecule has 1 nitrogen and oxygen atoms in total. The second-order valence-electron chi connectivity index (χ2n) is 10.2. The molecule has 0 saturated heterocycles. The van der Waals surface area contributed by atoms with Crippen molar-refractivity contribution in [3.8, 4) is 0 Å². The van der Waals surface area contributed by atoms with Crippen LogP contribution in [0.5, 0.6) is 0 Å². The molecule has 0 aliphatic heterocycles. The van der Waals surface area contributed by atoms with E-state index in [1.54, 1.807) is 26.0 Å². The molecule has 0 bridgehead atoms. The van der Waals surface area contributed by atoms with Crippen LogP contribution in [0.4, 0.5) is 0 Å². The quantitative estimate of drug-likeness (QED) is 0.399. The molecule has 0 fully saturated rings. The minimum atomic E-state index is 0.500. The predicted octanol–water partition coefficient (Wildman–Crippen LogP) is 11.6. The van der Waals surface area contributed by atoms with Crippen LogP contribution < -0.4 is 0 Å². The van der Waals surface area contributed by atoms with E-state index in [4.69, 9.17) is 0 Å². The van der Waals surface area contributed by atoms with Gasteiger partial charge in [0, 0.05) is 14.2 Å². The molecule has 0 N–H and O–H groups in total. The Morgan fingerprint density at radius 1 is 0.686 bits per heavy atom. The molecular formula is C33H64OS. The first-order valence-electron chi connectivity index (χ1n) is 13.1. The maximum Gasteiger partial charge on any atom is 0.0351 e. The van der Waals surface area contributed by atoms with Gasteiger partial charge in [0.15, 0.2) is 0 Å². The van der Waals surface area contributed by atoms with Gasteiger partial charge in [-0.3, -0.25) is 0 Å². The van der Waals surface area contributed by atoms with Gasteiger partial charge in [0.1, 0.15) is 0 Å². The molecule has 0 aliphatic rings. The first kappa shape index (κ1) is 43.8. The minimum Gasteiger partial charge on any atom is -0.388 e. The van der Waals surface area contributed by atoms with E-state index in [1.165, 1.54) is 36.0 Å². The Morgan fingerprint density at radius 2 is 0.914 bits per heavy atom. The van der Waals surface area contributed by atoms with Crippen LogP contribution in [0.1, 0.15) is 111 Å². The number of unbranched alkanes of at least 4 members (excludes halogenated alkanes) is 1. The lowest BCUT2D eigenvalue weighted by Gasteiger charge is -2.05. The molecule has 0 radical (unpaired) electrons. The maximum atomic E-state index is 4.25. The van der Waals surface area contributed by atoms with Crippen molar-refractivity contribution in [2.45, 2.75) is 108 Å². The smallest absolute Gasteiger partial charge is 0.0351 e. The lowest BCUT2D eigenvalue weighted by molar-refractivity contribution is 0.277. The summed E-state index contributed by atoms with van der Waals surface area (Å²) in [5, 5.41) is 0. The van der Waals surface area contributed by atoms with Crippen molar-refractivity contribution in [3.05, 3.63) is 71.3 Å². The van der Waals surface area contributed by atoms with Gasteiger partial charge in [-0.15, -0.1) is 0 Å². The first-order valence-corrected chi connectivity index (χ1v) is 14.8. The van der Waals surface area contributed by atoms with Crippen LogP contribution >= 0.6 is 11.8 Å². The van der Waals surface area contributed by atoms with Crippen LogP contribution in [0.2, 0.25) is 0 Å². The van der Waals surface area contributed by atoms with E-state index in [0.29, 0.717) is 11.3 Å². The molecule has 35 heavy (non-hydrogen) atoms. The molecule has 2 aromatic carbocycles. The third-order valence-corrected chi connectivity index (χ3v) is 3.18. The van der Waals surface area contributed by atoms with Gasteiger partial charge < -0.3 is 4.74 Å². The van der Waals surface area contributed by atoms with Gasteiger partial charge in [-0.1, -0.05) is 154 Å². The summed E-state index contributed by atoms with van der Waals surface area (Å²) in [6, 6.07) is 19.0. The summed E-state index contributed by atoms with van der Waals surface area (Å²) in [5.41, 5.74) is 4.57. The Labute approximate surface area is 227 Å². The Kier molecular flexibility index (Phi) is 43.7. The van der Waals surface area contributed by atoms with Gasteiger partial charge in [0.25, 0.3) is 0 Å². The molecule has 0 spiro atoms. The highest BCUT2D eigenvalue weighted by molar-refractivity contribution is 7.97. The summed E-state index contributed by atoms with van der Waals surface area (Å²) >= 11 is 1.75.